The summed E-state index contributed by atoms with van der Waals surface area (Å²) in [5, 5.41) is 7.02. The summed E-state index contributed by atoms with van der Waals surface area (Å²) in [6.07, 6.45) is 8.46. The molecule has 0 radical (unpaired) electrons. The molecule has 6 heteroatoms. The van der Waals surface area contributed by atoms with Gasteiger partial charge >= 0.3 is 0 Å². The van der Waals surface area contributed by atoms with E-state index in [0.717, 1.165) is 44.2 Å². The lowest BCUT2D eigenvalue weighted by Crippen LogP contribution is -2.44. The SMILES string of the molecule is CN=C(NCCC1=CCCC1)NC1CCN(c2ccccc2OC)C1.I. The smallest absolute Gasteiger partial charge is 0.191 e. The molecule has 5 nitrogen and oxygen atoms in total. The van der Waals surface area contributed by atoms with Gasteiger partial charge < -0.3 is 20.3 Å². The van der Waals surface area contributed by atoms with Gasteiger partial charge in [-0.1, -0.05) is 23.8 Å². The topological polar surface area (TPSA) is 48.9 Å². The first-order valence-electron chi connectivity index (χ1n) is 9.33. The van der Waals surface area contributed by atoms with E-state index in [9.17, 15) is 0 Å². The van der Waals surface area contributed by atoms with Crippen LogP contribution in [0.1, 0.15) is 32.1 Å². The Kier molecular flexibility index (Phi) is 8.54. The van der Waals surface area contributed by atoms with Crippen LogP contribution >= 0.6 is 24.0 Å². The molecule has 144 valence electrons. The first kappa shape index (κ1) is 20.9. The maximum absolute atomic E-state index is 5.49. The highest BCUT2D eigenvalue weighted by Crippen LogP contribution is 2.30. The zero-order valence-corrected chi connectivity index (χ0v) is 18.2. The standard InChI is InChI=1S/C20H30N4O.HI/c1-21-20(22-13-11-16-7-3-4-8-16)23-17-12-14-24(15-17)18-9-5-6-10-19(18)25-2;/h5-7,9-10,17H,3-4,8,11-15H2,1-2H3,(H2,21,22,23);1H. The average molecular weight is 470 g/mol. The van der Waals surface area contributed by atoms with Crippen LogP contribution in [0.4, 0.5) is 5.69 Å². The Morgan fingerprint density at radius 3 is 2.92 bits per heavy atom. The number of para-hydroxylation sites is 2. The molecule has 1 aliphatic heterocycles. The second-order valence-corrected chi connectivity index (χ2v) is 6.75. The van der Waals surface area contributed by atoms with Crippen molar-refractivity contribution in [1.29, 1.82) is 0 Å². The quantitative estimate of drug-likeness (QED) is 0.289. The van der Waals surface area contributed by atoms with Crippen molar-refractivity contribution in [2.75, 3.05) is 38.7 Å². The number of halogens is 1. The molecular formula is C20H31IN4O. The van der Waals surface area contributed by atoms with Gasteiger partial charge in [0, 0.05) is 32.7 Å². The van der Waals surface area contributed by atoms with Crippen LogP contribution in [0.25, 0.3) is 0 Å². The maximum Gasteiger partial charge on any atom is 0.191 e. The number of allylic oxidation sites excluding steroid dienone is 1. The van der Waals surface area contributed by atoms with Crippen molar-refractivity contribution < 1.29 is 4.74 Å². The molecule has 1 aromatic rings. The lowest BCUT2D eigenvalue weighted by molar-refractivity contribution is 0.415. The predicted octanol–water partition coefficient (Wildman–Crippen LogP) is 3.56. The Hall–Kier alpha value is -1.44. The minimum atomic E-state index is 0. The number of methoxy groups -OCH3 is 1. The van der Waals surface area contributed by atoms with Crippen molar-refractivity contribution in [3.63, 3.8) is 0 Å². The number of hydrogen-bond donors (Lipinski definition) is 2. The van der Waals surface area contributed by atoms with E-state index in [1.807, 2.05) is 19.2 Å². The average Bonchev–Trinajstić information content (AvgIpc) is 3.32. The van der Waals surface area contributed by atoms with Gasteiger partial charge in [0.15, 0.2) is 5.96 Å². The first-order chi connectivity index (χ1) is 12.3. The third-order valence-corrected chi connectivity index (χ3v) is 5.05. The van der Waals surface area contributed by atoms with Crippen LogP contribution in [0.2, 0.25) is 0 Å². The van der Waals surface area contributed by atoms with E-state index in [1.54, 1.807) is 12.7 Å². The maximum atomic E-state index is 5.49. The van der Waals surface area contributed by atoms with Crippen LogP contribution in [-0.2, 0) is 0 Å². The third-order valence-electron chi connectivity index (χ3n) is 5.05. The predicted molar refractivity (Wildman–Crippen MR) is 120 cm³/mol. The zero-order valence-electron chi connectivity index (χ0n) is 15.8. The Labute approximate surface area is 174 Å². The highest BCUT2D eigenvalue weighted by molar-refractivity contribution is 14.0. The van der Waals surface area contributed by atoms with E-state index >= 15 is 0 Å². The summed E-state index contributed by atoms with van der Waals surface area (Å²) >= 11 is 0. The van der Waals surface area contributed by atoms with E-state index < -0.39 is 0 Å². The van der Waals surface area contributed by atoms with Gasteiger partial charge in [-0.15, -0.1) is 24.0 Å². The van der Waals surface area contributed by atoms with Gasteiger partial charge in [0.1, 0.15) is 5.75 Å². The van der Waals surface area contributed by atoms with Crippen LogP contribution in [0.3, 0.4) is 0 Å². The van der Waals surface area contributed by atoms with Crippen LogP contribution < -0.4 is 20.3 Å². The van der Waals surface area contributed by atoms with E-state index in [-0.39, 0.29) is 24.0 Å². The molecule has 26 heavy (non-hydrogen) atoms. The van der Waals surface area contributed by atoms with Crippen LogP contribution in [0.15, 0.2) is 40.9 Å². The minimum absolute atomic E-state index is 0. The molecule has 1 atom stereocenters. The number of nitrogens with one attached hydrogen (secondary N) is 2. The molecule has 1 unspecified atom stereocenters. The number of rotatable bonds is 6. The number of aliphatic imine (C=N–C) groups is 1. The summed E-state index contributed by atoms with van der Waals surface area (Å²) in [6.45, 7) is 2.95. The number of benzene rings is 1. The monoisotopic (exact) mass is 470 g/mol. The molecule has 1 fully saturated rings. The van der Waals surface area contributed by atoms with Crippen molar-refractivity contribution >= 4 is 35.6 Å². The number of hydrogen-bond acceptors (Lipinski definition) is 3. The molecule has 2 aliphatic rings. The van der Waals surface area contributed by atoms with Gasteiger partial charge in [0.05, 0.1) is 12.8 Å². The third kappa shape index (κ3) is 5.53. The highest BCUT2D eigenvalue weighted by atomic mass is 127. The summed E-state index contributed by atoms with van der Waals surface area (Å²) in [6, 6.07) is 8.63. The normalized spacial score (nSPS) is 19.8. The molecule has 1 aliphatic carbocycles. The van der Waals surface area contributed by atoms with Gasteiger partial charge in [-0.3, -0.25) is 4.99 Å². The van der Waals surface area contributed by atoms with Crippen LogP contribution in [0, 0.1) is 0 Å². The van der Waals surface area contributed by atoms with E-state index in [0.29, 0.717) is 6.04 Å². The van der Waals surface area contributed by atoms with Crippen molar-refractivity contribution in [2.45, 2.75) is 38.1 Å². The second-order valence-electron chi connectivity index (χ2n) is 6.75. The van der Waals surface area contributed by atoms with Crippen LogP contribution in [-0.4, -0.2) is 45.8 Å². The van der Waals surface area contributed by atoms with Gasteiger partial charge in [0.2, 0.25) is 0 Å². The minimum Gasteiger partial charge on any atom is -0.495 e. The first-order valence-corrected chi connectivity index (χ1v) is 9.33. The summed E-state index contributed by atoms with van der Waals surface area (Å²) < 4.78 is 5.49. The Balaban J connectivity index is 0.00000243. The van der Waals surface area contributed by atoms with Crippen molar-refractivity contribution in [3.8, 4) is 5.75 Å². The van der Waals surface area contributed by atoms with Gasteiger partial charge in [-0.25, -0.2) is 0 Å². The zero-order chi connectivity index (χ0) is 17.5. The van der Waals surface area contributed by atoms with Crippen molar-refractivity contribution in [1.82, 2.24) is 10.6 Å². The molecule has 0 spiro atoms. The largest absolute Gasteiger partial charge is 0.495 e. The fourth-order valence-corrected chi connectivity index (χ4v) is 3.68. The number of anilines is 1. The Morgan fingerprint density at radius 1 is 1.35 bits per heavy atom. The van der Waals surface area contributed by atoms with Crippen molar-refractivity contribution in [3.05, 3.63) is 35.9 Å². The Bertz CT molecular complexity index is 632. The highest BCUT2D eigenvalue weighted by Gasteiger charge is 2.25. The van der Waals surface area contributed by atoms with Gasteiger partial charge in [0.25, 0.3) is 0 Å². The molecular weight excluding hydrogens is 439 g/mol. The summed E-state index contributed by atoms with van der Waals surface area (Å²) in [7, 11) is 3.58. The molecule has 0 aromatic heterocycles. The molecule has 2 N–H and O–H groups in total. The van der Waals surface area contributed by atoms with Crippen LogP contribution in [0.5, 0.6) is 5.75 Å². The van der Waals surface area contributed by atoms with E-state index in [4.69, 9.17) is 4.74 Å². The molecule has 1 heterocycles. The van der Waals surface area contributed by atoms with Gasteiger partial charge in [-0.05, 0) is 44.2 Å². The number of ether oxygens (including phenoxy) is 1. The van der Waals surface area contributed by atoms with E-state index in [1.165, 1.54) is 24.9 Å². The van der Waals surface area contributed by atoms with Gasteiger partial charge in [-0.2, -0.15) is 0 Å². The summed E-state index contributed by atoms with van der Waals surface area (Å²) in [5.74, 6) is 1.85. The molecule has 0 amide bonds. The second kappa shape index (κ2) is 10.6. The number of guanidine groups is 1. The fourth-order valence-electron chi connectivity index (χ4n) is 3.68. The molecule has 1 aromatic carbocycles. The molecule has 0 bridgehead atoms. The molecule has 1 saturated heterocycles. The molecule has 0 saturated carbocycles. The lowest BCUT2D eigenvalue weighted by Gasteiger charge is -2.22. The Morgan fingerprint density at radius 2 is 2.19 bits per heavy atom. The fraction of sp³-hybridized carbons (Fsp3) is 0.550. The summed E-state index contributed by atoms with van der Waals surface area (Å²) in [5.41, 5.74) is 2.76. The lowest BCUT2D eigenvalue weighted by atomic mass is 10.2. The number of nitrogens with zero attached hydrogens (tertiary/aromatic N) is 2. The molecule has 3 rings (SSSR count). The van der Waals surface area contributed by atoms with Crippen molar-refractivity contribution in [2.24, 2.45) is 4.99 Å². The summed E-state index contributed by atoms with van der Waals surface area (Å²) in [4.78, 5) is 6.76. The van der Waals surface area contributed by atoms with E-state index in [2.05, 4.69) is 38.7 Å².